The summed E-state index contributed by atoms with van der Waals surface area (Å²) in [5.41, 5.74) is 2.28. The van der Waals surface area contributed by atoms with E-state index in [1.54, 1.807) is 18.4 Å². The van der Waals surface area contributed by atoms with Crippen molar-refractivity contribution >= 4 is 17.3 Å². The number of thiophene rings is 1. The van der Waals surface area contributed by atoms with Crippen LogP contribution in [-0.2, 0) is 19.5 Å². The first-order valence-corrected chi connectivity index (χ1v) is 7.52. The lowest BCUT2D eigenvalue weighted by atomic mass is 10.3. The second-order valence-electron chi connectivity index (χ2n) is 4.44. The lowest BCUT2D eigenvalue weighted by Gasteiger charge is -2.10. The maximum atomic E-state index is 5.23. The zero-order valence-electron chi connectivity index (χ0n) is 12.1. The molecule has 20 heavy (non-hydrogen) atoms. The van der Waals surface area contributed by atoms with Crippen molar-refractivity contribution in [1.29, 1.82) is 0 Å². The van der Waals surface area contributed by atoms with E-state index < -0.39 is 0 Å². The number of nitrogens with zero attached hydrogens (tertiary/aromatic N) is 2. The monoisotopic (exact) mass is 292 g/mol. The average molecular weight is 292 g/mol. The predicted octanol–water partition coefficient (Wildman–Crippen LogP) is 2.47. The second-order valence-corrected chi connectivity index (χ2v) is 5.44. The van der Waals surface area contributed by atoms with Gasteiger partial charge in [-0.25, -0.2) is 0 Å². The largest absolute Gasteiger partial charge is 0.359 e. The molecule has 0 aliphatic carbocycles. The van der Waals surface area contributed by atoms with Crippen LogP contribution in [0.4, 0.5) is 0 Å². The standard InChI is InChI=1S/C14H20N4OS/c1-4-11-7-12(19-18-11)8-16-14(15-3)17-9-13-10(2)5-6-20-13/h5-7H,4,8-9H2,1-3H3,(H2,15,16,17). The lowest BCUT2D eigenvalue weighted by molar-refractivity contribution is 0.374. The SMILES string of the molecule is CCc1cc(CNC(=NC)NCc2sccc2C)on1. The van der Waals surface area contributed by atoms with Crippen molar-refractivity contribution in [1.82, 2.24) is 15.8 Å². The normalized spacial score (nSPS) is 11.7. The molecule has 0 fully saturated rings. The molecule has 6 heteroatoms. The number of rotatable bonds is 5. The van der Waals surface area contributed by atoms with Gasteiger partial charge in [0.2, 0.25) is 0 Å². The van der Waals surface area contributed by atoms with Gasteiger partial charge in [-0.2, -0.15) is 0 Å². The Morgan fingerprint density at radius 1 is 1.40 bits per heavy atom. The molecule has 0 spiro atoms. The summed E-state index contributed by atoms with van der Waals surface area (Å²) in [5, 5.41) is 12.6. The molecule has 0 aliphatic heterocycles. The number of nitrogens with one attached hydrogen (secondary N) is 2. The van der Waals surface area contributed by atoms with E-state index in [0.29, 0.717) is 6.54 Å². The van der Waals surface area contributed by atoms with Crippen LogP contribution < -0.4 is 10.6 Å². The van der Waals surface area contributed by atoms with Crippen LogP contribution in [0.2, 0.25) is 0 Å². The van der Waals surface area contributed by atoms with E-state index in [2.05, 4.69) is 46.1 Å². The van der Waals surface area contributed by atoms with Crippen LogP contribution in [0.25, 0.3) is 0 Å². The molecule has 0 amide bonds. The van der Waals surface area contributed by atoms with Gasteiger partial charge in [0.15, 0.2) is 11.7 Å². The van der Waals surface area contributed by atoms with Gasteiger partial charge in [-0.05, 0) is 30.4 Å². The molecule has 2 aromatic rings. The van der Waals surface area contributed by atoms with Gasteiger partial charge in [-0.1, -0.05) is 12.1 Å². The highest BCUT2D eigenvalue weighted by molar-refractivity contribution is 7.10. The van der Waals surface area contributed by atoms with Crippen LogP contribution in [0.5, 0.6) is 0 Å². The Bertz CT molecular complexity index is 573. The van der Waals surface area contributed by atoms with Crippen molar-refractivity contribution in [3.63, 3.8) is 0 Å². The number of guanidine groups is 1. The third kappa shape index (κ3) is 3.84. The quantitative estimate of drug-likeness (QED) is 0.656. The summed E-state index contributed by atoms with van der Waals surface area (Å²) in [7, 11) is 1.76. The van der Waals surface area contributed by atoms with Crippen molar-refractivity contribution in [2.75, 3.05) is 7.05 Å². The van der Waals surface area contributed by atoms with Crippen LogP contribution in [0.15, 0.2) is 27.0 Å². The van der Waals surface area contributed by atoms with Crippen molar-refractivity contribution in [2.45, 2.75) is 33.4 Å². The topological polar surface area (TPSA) is 62.5 Å². The number of aromatic nitrogens is 1. The number of hydrogen-bond donors (Lipinski definition) is 2. The first-order chi connectivity index (χ1) is 9.72. The molecule has 0 atom stereocenters. The molecule has 0 saturated heterocycles. The smallest absolute Gasteiger partial charge is 0.191 e. The Hall–Kier alpha value is -1.82. The van der Waals surface area contributed by atoms with Crippen molar-refractivity contribution in [2.24, 2.45) is 4.99 Å². The molecule has 2 rings (SSSR count). The third-order valence-electron chi connectivity index (χ3n) is 3.01. The molecule has 0 radical (unpaired) electrons. The van der Waals surface area contributed by atoms with Gasteiger partial charge in [0.05, 0.1) is 18.8 Å². The molecular formula is C14H20N4OS. The minimum atomic E-state index is 0.579. The maximum absolute atomic E-state index is 5.23. The van der Waals surface area contributed by atoms with Crippen LogP contribution in [0.1, 0.15) is 28.8 Å². The average Bonchev–Trinajstić information content (AvgIpc) is 3.08. The molecule has 0 saturated carbocycles. The minimum absolute atomic E-state index is 0.579. The summed E-state index contributed by atoms with van der Waals surface area (Å²) >= 11 is 1.75. The first-order valence-electron chi connectivity index (χ1n) is 6.65. The van der Waals surface area contributed by atoms with E-state index in [1.165, 1.54) is 10.4 Å². The molecule has 0 aliphatic rings. The fourth-order valence-corrected chi connectivity index (χ4v) is 2.59. The summed E-state index contributed by atoms with van der Waals surface area (Å²) < 4.78 is 5.23. The molecule has 2 N–H and O–H groups in total. The third-order valence-corrected chi connectivity index (χ3v) is 4.03. The molecule has 0 unspecified atom stereocenters. The zero-order chi connectivity index (χ0) is 14.4. The van der Waals surface area contributed by atoms with Gasteiger partial charge in [0.25, 0.3) is 0 Å². The van der Waals surface area contributed by atoms with Crippen molar-refractivity contribution in [3.05, 3.63) is 39.4 Å². The zero-order valence-corrected chi connectivity index (χ0v) is 12.9. The second kappa shape index (κ2) is 7.09. The van der Waals surface area contributed by atoms with Crippen LogP contribution in [0, 0.1) is 6.92 Å². The predicted molar refractivity (Wildman–Crippen MR) is 82.0 cm³/mol. The van der Waals surface area contributed by atoms with E-state index in [-0.39, 0.29) is 0 Å². The van der Waals surface area contributed by atoms with Gasteiger partial charge in [-0.3, -0.25) is 4.99 Å². The summed E-state index contributed by atoms with van der Waals surface area (Å²) in [4.78, 5) is 5.52. The molecular weight excluding hydrogens is 272 g/mol. The molecule has 108 valence electrons. The highest BCUT2D eigenvalue weighted by Crippen LogP contribution is 2.14. The number of aryl methyl sites for hydroxylation is 2. The molecule has 5 nitrogen and oxygen atoms in total. The first kappa shape index (κ1) is 14.6. The summed E-state index contributed by atoms with van der Waals surface area (Å²) in [6.07, 6.45) is 0.883. The molecule has 0 aromatic carbocycles. The fraction of sp³-hybridized carbons (Fsp3) is 0.429. The van der Waals surface area contributed by atoms with Gasteiger partial charge < -0.3 is 15.2 Å². The van der Waals surface area contributed by atoms with E-state index in [0.717, 1.165) is 30.4 Å². The van der Waals surface area contributed by atoms with Gasteiger partial charge in [-0.15, -0.1) is 11.3 Å². The Balaban J connectivity index is 1.82. The van der Waals surface area contributed by atoms with Gasteiger partial charge in [0.1, 0.15) is 0 Å². The fourth-order valence-electron chi connectivity index (χ4n) is 1.75. The van der Waals surface area contributed by atoms with E-state index in [4.69, 9.17) is 4.52 Å². The van der Waals surface area contributed by atoms with Gasteiger partial charge in [0, 0.05) is 18.0 Å². The van der Waals surface area contributed by atoms with E-state index in [9.17, 15) is 0 Å². The van der Waals surface area contributed by atoms with E-state index in [1.807, 2.05) is 6.07 Å². The van der Waals surface area contributed by atoms with Crippen LogP contribution >= 0.6 is 11.3 Å². The maximum Gasteiger partial charge on any atom is 0.191 e. The molecule has 0 bridgehead atoms. The van der Waals surface area contributed by atoms with E-state index >= 15 is 0 Å². The Kier molecular flexibility index (Phi) is 5.17. The Morgan fingerprint density at radius 2 is 2.20 bits per heavy atom. The van der Waals surface area contributed by atoms with Crippen LogP contribution in [-0.4, -0.2) is 18.2 Å². The number of aliphatic imine (C=N–C) groups is 1. The summed E-state index contributed by atoms with van der Waals surface area (Å²) in [6.45, 7) is 5.53. The van der Waals surface area contributed by atoms with Crippen molar-refractivity contribution < 1.29 is 4.52 Å². The van der Waals surface area contributed by atoms with Crippen LogP contribution in [0.3, 0.4) is 0 Å². The number of hydrogen-bond acceptors (Lipinski definition) is 4. The van der Waals surface area contributed by atoms with Crippen molar-refractivity contribution in [3.8, 4) is 0 Å². The highest BCUT2D eigenvalue weighted by atomic mass is 32.1. The minimum Gasteiger partial charge on any atom is -0.359 e. The Labute approximate surface area is 123 Å². The van der Waals surface area contributed by atoms with Gasteiger partial charge >= 0.3 is 0 Å². The molecule has 2 heterocycles. The summed E-state index contributed by atoms with van der Waals surface area (Å²) in [5.74, 6) is 1.57. The molecule has 2 aromatic heterocycles. The highest BCUT2D eigenvalue weighted by Gasteiger charge is 2.05. The Morgan fingerprint density at radius 3 is 2.80 bits per heavy atom. The lowest BCUT2D eigenvalue weighted by Crippen LogP contribution is -2.36. The summed E-state index contributed by atoms with van der Waals surface area (Å²) in [6, 6.07) is 4.09.